The van der Waals surface area contributed by atoms with E-state index in [0.717, 1.165) is 4.31 Å². The number of carbonyl (C=O) groups excluding carboxylic acids is 2. The second-order valence-corrected chi connectivity index (χ2v) is 8.88. The molecule has 2 amide bonds. The fourth-order valence-corrected chi connectivity index (χ4v) is 3.92. The number of hydrogen-bond donors (Lipinski definition) is 3. The van der Waals surface area contributed by atoms with Crippen molar-refractivity contribution in [1.29, 1.82) is 0 Å². The summed E-state index contributed by atoms with van der Waals surface area (Å²) in [6.45, 7) is 2.77. The van der Waals surface area contributed by atoms with E-state index >= 15 is 0 Å². The summed E-state index contributed by atoms with van der Waals surface area (Å²) in [4.78, 5) is 27.8. The molecule has 11 heteroatoms. The number of likely N-dealkylation sites (N-methyl/N-ethyl adjacent to an activating group) is 1. The first-order valence-corrected chi connectivity index (χ1v) is 10.7. The molecule has 2 aromatic carbocycles. The van der Waals surface area contributed by atoms with E-state index in [2.05, 4.69) is 25.8 Å². The Labute approximate surface area is 179 Å². The Morgan fingerprint density at radius 1 is 1.06 bits per heavy atom. The van der Waals surface area contributed by atoms with E-state index in [1.165, 1.54) is 38.2 Å². The summed E-state index contributed by atoms with van der Waals surface area (Å²) < 4.78 is 26.4. The van der Waals surface area contributed by atoms with Crippen LogP contribution in [0.1, 0.15) is 12.7 Å². The summed E-state index contributed by atoms with van der Waals surface area (Å²) in [7, 11) is -2.56. The Morgan fingerprint density at radius 2 is 1.77 bits per heavy atom. The first kappa shape index (κ1) is 22.1. The van der Waals surface area contributed by atoms with Gasteiger partial charge in [0.25, 0.3) is 0 Å². The molecule has 0 saturated carbocycles. The van der Waals surface area contributed by atoms with Gasteiger partial charge in [0.15, 0.2) is 5.82 Å². The molecule has 10 nitrogen and oxygen atoms in total. The maximum absolute atomic E-state index is 12.7. The van der Waals surface area contributed by atoms with Gasteiger partial charge >= 0.3 is 0 Å². The van der Waals surface area contributed by atoms with Crippen LogP contribution in [0.2, 0.25) is 0 Å². The van der Waals surface area contributed by atoms with E-state index in [1.807, 2.05) is 0 Å². The van der Waals surface area contributed by atoms with Gasteiger partial charge in [0.2, 0.25) is 21.8 Å². The van der Waals surface area contributed by atoms with E-state index in [9.17, 15) is 18.0 Å². The van der Waals surface area contributed by atoms with Crippen LogP contribution in [-0.2, 0) is 19.6 Å². The molecule has 0 unspecified atom stereocenters. The van der Waals surface area contributed by atoms with Crippen molar-refractivity contribution in [2.75, 3.05) is 24.2 Å². The lowest BCUT2D eigenvalue weighted by Gasteiger charge is -2.17. The third-order valence-electron chi connectivity index (χ3n) is 4.25. The zero-order valence-electron chi connectivity index (χ0n) is 17.2. The SMILES string of the molecule is CC(=O)Nc1ccc(S(=O)(=O)N(C)CC(=O)Nc2cccc(-c3n[nH]c(C)n3)c2)cc1. The van der Waals surface area contributed by atoms with Crippen LogP contribution in [0.15, 0.2) is 53.4 Å². The van der Waals surface area contributed by atoms with Crippen molar-refractivity contribution < 1.29 is 18.0 Å². The molecule has 0 aliphatic heterocycles. The average Bonchev–Trinajstić information content (AvgIpc) is 3.14. The van der Waals surface area contributed by atoms with Crippen molar-refractivity contribution in [3.05, 3.63) is 54.4 Å². The molecule has 0 saturated heterocycles. The lowest BCUT2D eigenvalue weighted by molar-refractivity contribution is -0.116. The number of hydrogen-bond acceptors (Lipinski definition) is 6. The summed E-state index contributed by atoms with van der Waals surface area (Å²) >= 11 is 0. The highest BCUT2D eigenvalue weighted by Crippen LogP contribution is 2.20. The molecule has 0 aliphatic rings. The zero-order valence-corrected chi connectivity index (χ0v) is 18.0. The third-order valence-corrected chi connectivity index (χ3v) is 6.07. The maximum atomic E-state index is 12.7. The Bertz CT molecular complexity index is 1200. The Balaban J connectivity index is 1.66. The summed E-state index contributed by atoms with van der Waals surface area (Å²) in [6, 6.07) is 12.7. The molecule has 1 heterocycles. The Kier molecular flexibility index (Phi) is 6.47. The second-order valence-electron chi connectivity index (χ2n) is 6.84. The van der Waals surface area contributed by atoms with Gasteiger partial charge in [-0.3, -0.25) is 14.7 Å². The highest BCUT2D eigenvalue weighted by molar-refractivity contribution is 7.89. The van der Waals surface area contributed by atoms with Crippen LogP contribution in [0.25, 0.3) is 11.4 Å². The van der Waals surface area contributed by atoms with Crippen LogP contribution in [0.4, 0.5) is 11.4 Å². The molecule has 3 aromatic rings. The number of sulfonamides is 1. The number of H-pyrrole nitrogens is 1. The highest BCUT2D eigenvalue weighted by atomic mass is 32.2. The normalized spacial score (nSPS) is 11.4. The van der Waals surface area contributed by atoms with E-state index in [0.29, 0.717) is 28.6 Å². The minimum atomic E-state index is -3.88. The first-order valence-electron chi connectivity index (χ1n) is 9.28. The van der Waals surface area contributed by atoms with Gasteiger partial charge in [-0.2, -0.15) is 9.40 Å². The molecule has 0 atom stereocenters. The van der Waals surface area contributed by atoms with Gasteiger partial charge in [0.05, 0.1) is 11.4 Å². The topological polar surface area (TPSA) is 137 Å². The summed E-state index contributed by atoms with van der Waals surface area (Å²) in [6.07, 6.45) is 0. The van der Waals surface area contributed by atoms with Gasteiger partial charge in [0, 0.05) is 30.9 Å². The van der Waals surface area contributed by atoms with Gasteiger partial charge in [-0.25, -0.2) is 13.4 Å². The second kappa shape index (κ2) is 9.06. The summed E-state index contributed by atoms with van der Waals surface area (Å²) in [5, 5.41) is 12.1. The summed E-state index contributed by atoms with van der Waals surface area (Å²) in [5.74, 6) is 0.410. The van der Waals surface area contributed by atoms with Crippen LogP contribution < -0.4 is 10.6 Å². The fraction of sp³-hybridized carbons (Fsp3) is 0.200. The maximum Gasteiger partial charge on any atom is 0.243 e. The molecule has 0 radical (unpaired) electrons. The number of amides is 2. The molecule has 31 heavy (non-hydrogen) atoms. The van der Waals surface area contributed by atoms with Gasteiger partial charge in [-0.05, 0) is 43.3 Å². The summed E-state index contributed by atoms with van der Waals surface area (Å²) in [5.41, 5.74) is 1.69. The predicted octanol–water partition coefficient (Wildman–Crippen LogP) is 2.00. The van der Waals surface area contributed by atoms with E-state index in [1.54, 1.807) is 31.2 Å². The smallest absolute Gasteiger partial charge is 0.243 e. The number of anilines is 2. The molecule has 0 fully saturated rings. The van der Waals surface area contributed by atoms with E-state index in [-0.39, 0.29) is 17.3 Å². The van der Waals surface area contributed by atoms with Crippen molar-refractivity contribution in [3.8, 4) is 11.4 Å². The fourth-order valence-electron chi connectivity index (χ4n) is 2.79. The van der Waals surface area contributed by atoms with Crippen molar-refractivity contribution >= 4 is 33.2 Å². The molecule has 0 aliphatic carbocycles. The molecule has 162 valence electrons. The lowest BCUT2D eigenvalue weighted by atomic mass is 10.2. The van der Waals surface area contributed by atoms with E-state index < -0.39 is 15.9 Å². The van der Waals surface area contributed by atoms with Crippen LogP contribution in [0.5, 0.6) is 0 Å². The van der Waals surface area contributed by atoms with Crippen LogP contribution in [0.3, 0.4) is 0 Å². The zero-order chi connectivity index (χ0) is 22.6. The quantitative estimate of drug-likeness (QED) is 0.512. The van der Waals surface area contributed by atoms with Crippen LogP contribution in [-0.4, -0.2) is 53.3 Å². The lowest BCUT2D eigenvalue weighted by Crippen LogP contribution is -2.35. The number of aromatic nitrogens is 3. The molecular formula is C20H22N6O4S. The van der Waals surface area contributed by atoms with Crippen molar-refractivity contribution in [2.24, 2.45) is 0 Å². The first-order chi connectivity index (χ1) is 14.6. The number of nitrogens with zero attached hydrogens (tertiary/aromatic N) is 3. The van der Waals surface area contributed by atoms with Gasteiger partial charge in [-0.15, -0.1) is 0 Å². The molecule has 3 rings (SSSR count). The number of nitrogens with one attached hydrogen (secondary N) is 3. The minimum absolute atomic E-state index is 0.0128. The largest absolute Gasteiger partial charge is 0.326 e. The number of benzene rings is 2. The number of aryl methyl sites for hydroxylation is 1. The number of carbonyl (C=O) groups is 2. The molecule has 0 bridgehead atoms. The molecule has 3 N–H and O–H groups in total. The van der Waals surface area contributed by atoms with Crippen molar-refractivity contribution in [2.45, 2.75) is 18.7 Å². The molecule has 0 spiro atoms. The van der Waals surface area contributed by atoms with Gasteiger partial charge < -0.3 is 10.6 Å². The van der Waals surface area contributed by atoms with Crippen molar-refractivity contribution in [1.82, 2.24) is 19.5 Å². The highest BCUT2D eigenvalue weighted by Gasteiger charge is 2.23. The average molecular weight is 443 g/mol. The standard InChI is InChI=1S/C20H22N6O4S/c1-13-21-20(25-24-13)15-5-4-6-17(11-15)23-19(28)12-26(3)31(29,30)18-9-7-16(8-10-18)22-14(2)27/h4-11H,12H2,1-3H3,(H,22,27)(H,23,28)(H,21,24,25). The molecular weight excluding hydrogens is 420 g/mol. The van der Waals surface area contributed by atoms with Gasteiger partial charge in [-0.1, -0.05) is 12.1 Å². The van der Waals surface area contributed by atoms with Gasteiger partial charge in [0.1, 0.15) is 5.82 Å². The Hall–Kier alpha value is -3.57. The third kappa shape index (κ3) is 5.53. The molecule has 1 aromatic heterocycles. The minimum Gasteiger partial charge on any atom is -0.326 e. The van der Waals surface area contributed by atoms with Crippen LogP contribution in [0, 0.1) is 6.92 Å². The number of rotatable bonds is 7. The van der Waals surface area contributed by atoms with Crippen molar-refractivity contribution in [3.63, 3.8) is 0 Å². The Morgan fingerprint density at radius 3 is 2.39 bits per heavy atom. The number of aromatic amines is 1. The predicted molar refractivity (Wildman–Crippen MR) is 116 cm³/mol. The monoisotopic (exact) mass is 442 g/mol. The van der Waals surface area contributed by atoms with E-state index in [4.69, 9.17) is 0 Å². The van der Waals surface area contributed by atoms with Crippen LogP contribution >= 0.6 is 0 Å².